The Bertz CT molecular complexity index is 607. The van der Waals surface area contributed by atoms with Crippen molar-refractivity contribution in [2.24, 2.45) is 0 Å². The maximum atomic E-state index is 12.4. The van der Waals surface area contributed by atoms with Crippen LogP contribution in [-0.4, -0.2) is 38.9 Å². The van der Waals surface area contributed by atoms with Crippen LogP contribution in [0.3, 0.4) is 0 Å². The Labute approximate surface area is 120 Å². The first-order valence-electron chi connectivity index (χ1n) is 6.69. The zero-order valence-corrected chi connectivity index (χ0v) is 12.4. The Kier molecular flexibility index (Phi) is 4.76. The minimum Gasteiger partial charge on any atom is -0.316 e. The molecule has 108 valence electrons. The lowest BCUT2D eigenvalue weighted by Gasteiger charge is -2.31. The molecule has 0 radical (unpaired) electrons. The molecule has 1 fully saturated rings. The Morgan fingerprint density at radius 2 is 2.30 bits per heavy atom. The van der Waals surface area contributed by atoms with Crippen molar-refractivity contribution in [3.8, 4) is 6.07 Å². The number of hydrogen-bond acceptors (Lipinski definition) is 4. The molecule has 1 N–H and O–H groups in total. The number of nitriles is 1. The molecule has 0 amide bonds. The lowest BCUT2D eigenvalue weighted by Crippen LogP contribution is -2.47. The molecule has 6 heteroatoms. The second-order valence-corrected chi connectivity index (χ2v) is 7.02. The molecule has 1 heterocycles. The number of sulfonamides is 1. The minimum absolute atomic E-state index is 0.0427. The van der Waals surface area contributed by atoms with Crippen LogP contribution in [-0.2, 0) is 15.8 Å². The summed E-state index contributed by atoms with van der Waals surface area (Å²) in [6.07, 6.45) is 1.88. The van der Waals surface area contributed by atoms with E-state index in [0.29, 0.717) is 24.2 Å². The van der Waals surface area contributed by atoms with E-state index in [9.17, 15) is 8.42 Å². The molecule has 0 saturated carbocycles. The van der Waals surface area contributed by atoms with Crippen LogP contribution in [0.25, 0.3) is 0 Å². The first-order valence-corrected chi connectivity index (χ1v) is 8.30. The molecule has 0 bridgehead atoms. The highest BCUT2D eigenvalue weighted by Gasteiger charge is 2.28. The summed E-state index contributed by atoms with van der Waals surface area (Å²) in [6, 6.07) is 9.03. The SMILES string of the molecule is CN[C@H]1CCCN(S(=O)(=O)Cc2cccc(C#N)c2)C1. The van der Waals surface area contributed by atoms with Gasteiger partial charge in [-0.15, -0.1) is 0 Å². The Hall–Kier alpha value is -1.42. The van der Waals surface area contributed by atoms with Gasteiger partial charge in [0.2, 0.25) is 10.0 Å². The van der Waals surface area contributed by atoms with E-state index in [0.717, 1.165) is 12.8 Å². The van der Waals surface area contributed by atoms with Gasteiger partial charge in [0, 0.05) is 19.1 Å². The quantitative estimate of drug-likeness (QED) is 0.901. The normalized spacial score (nSPS) is 20.5. The van der Waals surface area contributed by atoms with E-state index in [1.54, 1.807) is 28.6 Å². The van der Waals surface area contributed by atoms with Crippen molar-refractivity contribution < 1.29 is 8.42 Å². The summed E-state index contributed by atoms with van der Waals surface area (Å²) in [6.45, 7) is 1.11. The lowest BCUT2D eigenvalue weighted by molar-refractivity contribution is 0.292. The zero-order valence-electron chi connectivity index (χ0n) is 11.5. The van der Waals surface area contributed by atoms with Crippen LogP contribution in [0.5, 0.6) is 0 Å². The summed E-state index contributed by atoms with van der Waals surface area (Å²) in [7, 11) is -1.46. The molecular weight excluding hydrogens is 274 g/mol. The first-order chi connectivity index (χ1) is 9.55. The molecule has 20 heavy (non-hydrogen) atoms. The van der Waals surface area contributed by atoms with Crippen molar-refractivity contribution in [1.29, 1.82) is 5.26 Å². The van der Waals surface area contributed by atoms with Gasteiger partial charge < -0.3 is 5.32 Å². The predicted octanol–water partition coefficient (Wildman–Crippen LogP) is 1.07. The molecule has 0 aliphatic carbocycles. The molecular formula is C14H19N3O2S. The molecule has 2 rings (SSSR count). The van der Waals surface area contributed by atoms with E-state index >= 15 is 0 Å². The van der Waals surface area contributed by atoms with Crippen molar-refractivity contribution in [3.05, 3.63) is 35.4 Å². The summed E-state index contributed by atoms with van der Waals surface area (Å²) in [5, 5.41) is 12.0. The molecule has 0 aromatic heterocycles. The van der Waals surface area contributed by atoms with Crippen molar-refractivity contribution in [2.75, 3.05) is 20.1 Å². The highest BCUT2D eigenvalue weighted by Crippen LogP contribution is 2.18. The number of likely N-dealkylation sites (N-methyl/N-ethyl adjacent to an activating group) is 1. The van der Waals surface area contributed by atoms with Crippen LogP contribution < -0.4 is 5.32 Å². The number of nitrogens with zero attached hydrogens (tertiary/aromatic N) is 2. The van der Waals surface area contributed by atoms with Gasteiger partial charge in [-0.1, -0.05) is 12.1 Å². The predicted molar refractivity (Wildman–Crippen MR) is 77.4 cm³/mol. The molecule has 1 aliphatic heterocycles. The van der Waals surface area contributed by atoms with E-state index in [1.165, 1.54) is 0 Å². The van der Waals surface area contributed by atoms with Gasteiger partial charge >= 0.3 is 0 Å². The third kappa shape index (κ3) is 3.57. The molecule has 1 atom stereocenters. The van der Waals surface area contributed by atoms with Crippen LogP contribution >= 0.6 is 0 Å². The van der Waals surface area contributed by atoms with Crippen molar-refractivity contribution in [2.45, 2.75) is 24.6 Å². The number of benzene rings is 1. The molecule has 1 aromatic rings. The largest absolute Gasteiger partial charge is 0.316 e. The second kappa shape index (κ2) is 6.35. The number of rotatable bonds is 4. The molecule has 0 unspecified atom stereocenters. The monoisotopic (exact) mass is 293 g/mol. The highest BCUT2D eigenvalue weighted by molar-refractivity contribution is 7.88. The number of hydrogen-bond donors (Lipinski definition) is 1. The fourth-order valence-electron chi connectivity index (χ4n) is 2.46. The van der Waals surface area contributed by atoms with Crippen LogP contribution in [0.1, 0.15) is 24.0 Å². The van der Waals surface area contributed by atoms with Crippen LogP contribution in [0, 0.1) is 11.3 Å². The minimum atomic E-state index is -3.32. The number of piperidine rings is 1. The van der Waals surface area contributed by atoms with Crippen molar-refractivity contribution in [1.82, 2.24) is 9.62 Å². The van der Waals surface area contributed by atoms with Gasteiger partial charge in [0.15, 0.2) is 0 Å². The standard InChI is InChI=1S/C14H19N3O2S/c1-16-14-6-3-7-17(10-14)20(18,19)11-13-5-2-4-12(8-13)9-15/h2,4-5,8,14,16H,3,6-7,10-11H2,1H3/t14-/m0/s1. The van der Waals surface area contributed by atoms with Gasteiger partial charge in [0.25, 0.3) is 0 Å². The van der Waals surface area contributed by atoms with E-state index in [1.807, 2.05) is 13.1 Å². The third-order valence-electron chi connectivity index (χ3n) is 3.59. The van der Waals surface area contributed by atoms with Gasteiger partial charge in [-0.3, -0.25) is 0 Å². The van der Waals surface area contributed by atoms with Crippen LogP contribution in [0.15, 0.2) is 24.3 Å². The molecule has 1 aliphatic rings. The first kappa shape index (κ1) is 15.0. The van der Waals surface area contributed by atoms with Gasteiger partial charge in [-0.2, -0.15) is 5.26 Å². The second-order valence-electron chi connectivity index (χ2n) is 5.05. The summed E-state index contributed by atoms with van der Waals surface area (Å²) in [4.78, 5) is 0. The van der Waals surface area contributed by atoms with Gasteiger partial charge in [-0.05, 0) is 37.6 Å². The number of nitrogens with one attached hydrogen (secondary N) is 1. The van der Waals surface area contributed by atoms with Crippen molar-refractivity contribution in [3.63, 3.8) is 0 Å². The molecule has 5 nitrogen and oxygen atoms in total. The summed E-state index contributed by atoms with van der Waals surface area (Å²) in [5.41, 5.74) is 1.15. The van der Waals surface area contributed by atoms with Gasteiger partial charge in [-0.25, -0.2) is 12.7 Å². The smallest absolute Gasteiger partial charge is 0.218 e. The van der Waals surface area contributed by atoms with Gasteiger partial charge in [0.05, 0.1) is 17.4 Å². The maximum absolute atomic E-state index is 12.4. The summed E-state index contributed by atoms with van der Waals surface area (Å²) >= 11 is 0. The fourth-order valence-corrected chi connectivity index (χ4v) is 4.06. The fraction of sp³-hybridized carbons (Fsp3) is 0.500. The molecule has 1 saturated heterocycles. The zero-order chi connectivity index (χ0) is 14.6. The molecule has 1 aromatic carbocycles. The average Bonchev–Trinajstić information content (AvgIpc) is 2.47. The van der Waals surface area contributed by atoms with Gasteiger partial charge in [0.1, 0.15) is 0 Å². The van der Waals surface area contributed by atoms with E-state index in [2.05, 4.69) is 5.32 Å². The van der Waals surface area contributed by atoms with Crippen LogP contribution in [0.2, 0.25) is 0 Å². The third-order valence-corrected chi connectivity index (χ3v) is 5.41. The Morgan fingerprint density at radius 1 is 1.50 bits per heavy atom. The molecule has 0 spiro atoms. The van der Waals surface area contributed by atoms with Crippen LogP contribution in [0.4, 0.5) is 0 Å². The Morgan fingerprint density at radius 3 is 3.00 bits per heavy atom. The van der Waals surface area contributed by atoms with Crippen molar-refractivity contribution >= 4 is 10.0 Å². The lowest BCUT2D eigenvalue weighted by atomic mass is 10.1. The van der Waals surface area contributed by atoms with E-state index in [4.69, 9.17) is 5.26 Å². The van der Waals surface area contributed by atoms with E-state index < -0.39 is 10.0 Å². The topological polar surface area (TPSA) is 73.2 Å². The summed E-state index contributed by atoms with van der Waals surface area (Å²) < 4.78 is 26.4. The average molecular weight is 293 g/mol. The summed E-state index contributed by atoms with van der Waals surface area (Å²) in [5.74, 6) is -0.0427. The highest BCUT2D eigenvalue weighted by atomic mass is 32.2. The maximum Gasteiger partial charge on any atom is 0.218 e. The van der Waals surface area contributed by atoms with E-state index in [-0.39, 0.29) is 11.8 Å². The Balaban J connectivity index is 2.12.